The molecule has 3 N–H and O–H groups in total. The zero-order chi connectivity index (χ0) is 10.8. The van der Waals surface area contributed by atoms with Crippen LogP contribution in [0.2, 0.25) is 0 Å². The van der Waals surface area contributed by atoms with Crippen LogP contribution < -0.4 is 15.2 Å². The first-order valence-corrected chi connectivity index (χ1v) is 4.70. The summed E-state index contributed by atoms with van der Waals surface area (Å²) in [4.78, 5) is 0. The molecule has 0 aliphatic carbocycles. The summed E-state index contributed by atoms with van der Waals surface area (Å²) in [5.74, 6) is 0.249. The third-order valence-electron chi connectivity index (χ3n) is 2.30. The molecule has 2 rings (SSSR count). The van der Waals surface area contributed by atoms with E-state index in [2.05, 4.69) is 0 Å². The molecule has 4 nitrogen and oxygen atoms in total. The van der Waals surface area contributed by atoms with E-state index in [0.717, 1.165) is 0 Å². The van der Waals surface area contributed by atoms with E-state index >= 15 is 0 Å². The van der Waals surface area contributed by atoms with Gasteiger partial charge in [-0.2, -0.15) is 0 Å². The molecule has 0 radical (unpaired) electrons. The zero-order valence-corrected chi connectivity index (χ0v) is 8.07. The quantitative estimate of drug-likeness (QED) is 0.784. The molecule has 0 spiro atoms. The molecular formula is C10H12FNO3. The first kappa shape index (κ1) is 10.2. The molecule has 0 fully saturated rings. The van der Waals surface area contributed by atoms with Crippen molar-refractivity contribution >= 4 is 0 Å². The van der Waals surface area contributed by atoms with Gasteiger partial charge in [-0.3, -0.25) is 0 Å². The van der Waals surface area contributed by atoms with Crippen LogP contribution in [0.3, 0.4) is 0 Å². The Morgan fingerprint density at radius 1 is 1.47 bits per heavy atom. The Morgan fingerprint density at radius 2 is 2.27 bits per heavy atom. The van der Waals surface area contributed by atoms with Gasteiger partial charge in [0, 0.05) is 0 Å². The normalized spacial score (nSPS) is 15.4. The lowest BCUT2D eigenvalue weighted by atomic mass is 10.0. The van der Waals surface area contributed by atoms with E-state index in [-0.39, 0.29) is 31.1 Å². The van der Waals surface area contributed by atoms with Crippen molar-refractivity contribution in [3.63, 3.8) is 0 Å². The van der Waals surface area contributed by atoms with E-state index in [1.165, 1.54) is 12.1 Å². The van der Waals surface area contributed by atoms with Gasteiger partial charge in [-0.05, 0) is 25.1 Å². The standard InChI is InChI=1S/C10H12FNO3/c11-6-1-2-8-10(15-5-14-8)9(6)7(13)3-4-12/h1-2,7,13H,3-5,12H2. The highest BCUT2D eigenvalue weighted by Crippen LogP contribution is 2.40. The van der Waals surface area contributed by atoms with Crippen LogP contribution >= 0.6 is 0 Å². The number of benzene rings is 1. The van der Waals surface area contributed by atoms with Crippen molar-refractivity contribution < 1.29 is 19.0 Å². The van der Waals surface area contributed by atoms with Crippen LogP contribution in [0.4, 0.5) is 4.39 Å². The van der Waals surface area contributed by atoms with Crippen molar-refractivity contribution in [2.24, 2.45) is 5.73 Å². The van der Waals surface area contributed by atoms with Gasteiger partial charge in [0.1, 0.15) is 5.82 Å². The first-order valence-electron chi connectivity index (χ1n) is 4.70. The maximum atomic E-state index is 13.5. The van der Waals surface area contributed by atoms with Crippen LogP contribution in [0.25, 0.3) is 0 Å². The Morgan fingerprint density at radius 3 is 3.00 bits per heavy atom. The van der Waals surface area contributed by atoms with Gasteiger partial charge in [-0.25, -0.2) is 4.39 Å². The molecule has 0 aromatic heterocycles. The second-order valence-electron chi connectivity index (χ2n) is 3.29. The summed E-state index contributed by atoms with van der Waals surface area (Å²) in [5, 5.41) is 9.71. The van der Waals surface area contributed by atoms with Crippen molar-refractivity contribution in [1.29, 1.82) is 0 Å². The molecule has 1 aliphatic heterocycles. The predicted octanol–water partition coefficient (Wildman–Crippen LogP) is 0.937. The lowest BCUT2D eigenvalue weighted by Crippen LogP contribution is -2.09. The summed E-state index contributed by atoms with van der Waals surface area (Å²) in [6.45, 7) is 0.340. The Kier molecular flexibility index (Phi) is 2.75. The topological polar surface area (TPSA) is 64.7 Å². The van der Waals surface area contributed by atoms with E-state index in [9.17, 15) is 9.50 Å². The fraction of sp³-hybridized carbons (Fsp3) is 0.400. The molecule has 1 heterocycles. The molecule has 1 atom stereocenters. The molecular weight excluding hydrogens is 201 g/mol. The number of nitrogens with two attached hydrogens (primary N) is 1. The molecule has 0 saturated carbocycles. The monoisotopic (exact) mass is 213 g/mol. The van der Waals surface area contributed by atoms with Crippen LogP contribution in [-0.2, 0) is 0 Å². The highest BCUT2D eigenvalue weighted by molar-refractivity contribution is 5.49. The second-order valence-corrected chi connectivity index (χ2v) is 3.29. The lowest BCUT2D eigenvalue weighted by molar-refractivity contribution is 0.150. The SMILES string of the molecule is NCCC(O)c1c(F)ccc2c1OCO2. The number of hydrogen-bond acceptors (Lipinski definition) is 4. The van der Waals surface area contributed by atoms with Crippen molar-refractivity contribution in [1.82, 2.24) is 0 Å². The van der Waals surface area contributed by atoms with Gasteiger partial charge in [0.2, 0.25) is 6.79 Å². The van der Waals surface area contributed by atoms with Crippen molar-refractivity contribution in [2.45, 2.75) is 12.5 Å². The van der Waals surface area contributed by atoms with E-state index in [4.69, 9.17) is 15.2 Å². The minimum Gasteiger partial charge on any atom is -0.454 e. The predicted molar refractivity (Wildman–Crippen MR) is 51.2 cm³/mol. The summed E-state index contributed by atoms with van der Waals surface area (Å²) < 4.78 is 23.7. The van der Waals surface area contributed by atoms with E-state index < -0.39 is 11.9 Å². The molecule has 5 heteroatoms. The highest BCUT2D eigenvalue weighted by Gasteiger charge is 2.25. The molecule has 1 aromatic rings. The summed E-state index contributed by atoms with van der Waals surface area (Å²) in [7, 11) is 0. The molecule has 1 aromatic carbocycles. The summed E-state index contributed by atoms with van der Waals surface area (Å²) in [6, 6.07) is 2.74. The minimum absolute atomic E-state index is 0.0567. The molecule has 15 heavy (non-hydrogen) atoms. The summed E-state index contributed by atoms with van der Waals surface area (Å²) in [5.41, 5.74) is 5.44. The van der Waals surface area contributed by atoms with Crippen LogP contribution in [0.1, 0.15) is 18.1 Å². The Hall–Kier alpha value is -1.33. The van der Waals surface area contributed by atoms with Gasteiger partial charge in [0.15, 0.2) is 11.5 Å². The first-order chi connectivity index (χ1) is 7.24. The molecule has 1 aliphatic rings. The fourth-order valence-electron chi connectivity index (χ4n) is 1.58. The third-order valence-corrected chi connectivity index (χ3v) is 2.30. The van der Waals surface area contributed by atoms with Gasteiger partial charge >= 0.3 is 0 Å². The number of hydrogen-bond donors (Lipinski definition) is 2. The fourth-order valence-corrected chi connectivity index (χ4v) is 1.58. The number of fused-ring (bicyclic) bond motifs is 1. The minimum atomic E-state index is -0.952. The molecule has 1 unspecified atom stereocenters. The summed E-state index contributed by atoms with van der Waals surface area (Å²) >= 11 is 0. The molecule has 0 amide bonds. The largest absolute Gasteiger partial charge is 0.454 e. The van der Waals surface area contributed by atoms with Crippen LogP contribution in [0.5, 0.6) is 11.5 Å². The van der Waals surface area contributed by atoms with Crippen LogP contribution in [0.15, 0.2) is 12.1 Å². The maximum Gasteiger partial charge on any atom is 0.231 e. The van der Waals surface area contributed by atoms with Crippen LogP contribution in [-0.4, -0.2) is 18.4 Å². The molecule has 82 valence electrons. The Labute approximate surface area is 86.4 Å². The average molecular weight is 213 g/mol. The molecule has 0 bridgehead atoms. The smallest absolute Gasteiger partial charge is 0.231 e. The lowest BCUT2D eigenvalue weighted by Gasteiger charge is -2.12. The number of halogens is 1. The molecule has 0 saturated heterocycles. The van der Waals surface area contributed by atoms with Crippen molar-refractivity contribution in [2.75, 3.05) is 13.3 Å². The zero-order valence-electron chi connectivity index (χ0n) is 8.07. The number of ether oxygens (including phenoxy) is 2. The van der Waals surface area contributed by atoms with Gasteiger partial charge < -0.3 is 20.3 Å². The van der Waals surface area contributed by atoms with E-state index in [0.29, 0.717) is 5.75 Å². The number of rotatable bonds is 3. The van der Waals surface area contributed by atoms with E-state index in [1.54, 1.807) is 0 Å². The Balaban J connectivity index is 2.40. The number of aliphatic hydroxyl groups is 1. The maximum absolute atomic E-state index is 13.5. The Bertz CT molecular complexity index is 370. The van der Waals surface area contributed by atoms with Crippen molar-refractivity contribution in [3.8, 4) is 11.5 Å². The third kappa shape index (κ3) is 1.75. The van der Waals surface area contributed by atoms with Gasteiger partial charge in [-0.1, -0.05) is 0 Å². The van der Waals surface area contributed by atoms with Gasteiger partial charge in [0.25, 0.3) is 0 Å². The van der Waals surface area contributed by atoms with Gasteiger partial charge in [-0.15, -0.1) is 0 Å². The van der Waals surface area contributed by atoms with Crippen molar-refractivity contribution in [3.05, 3.63) is 23.5 Å². The number of aliphatic hydroxyl groups excluding tert-OH is 1. The van der Waals surface area contributed by atoms with E-state index in [1.807, 2.05) is 0 Å². The average Bonchev–Trinajstić information content (AvgIpc) is 2.65. The second kappa shape index (κ2) is 4.04. The van der Waals surface area contributed by atoms with Crippen LogP contribution in [0, 0.1) is 5.82 Å². The summed E-state index contributed by atoms with van der Waals surface area (Å²) in [6.07, 6.45) is -0.664. The highest BCUT2D eigenvalue weighted by atomic mass is 19.1. The van der Waals surface area contributed by atoms with Gasteiger partial charge in [0.05, 0.1) is 11.7 Å².